The van der Waals surface area contributed by atoms with Gasteiger partial charge in [-0.3, -0.25) is 14.5 Å². The molecule has 6 nitrogen and oxygen atoms in total. The van der Waals surface area contributed by atoms with Crippen molar-refractivity contribution in [3.63, 3.8) is 0 Å². The number of morpholine rings is 1. The number of amides is 2. The number of carbonyl (C=O) groups is 2. The number of carbonyl (C=O) groups excluding carboxylic acids is 2. The molecule has 1 aromatic rings. The van der Waals surface area contributed by atoms with Crippen molar-refractivity contribution in [3.05, 3.63) is 35.5 Å². The molecule has 0 spiro atoms. The van der Waals surface area contributed by atoms with Crippen LogP contribution in [-0.4, -0.2) is 62.1 Å². The van der Waals surface area contributed by atoms with Crippen LogP contribution < -0.4 is 4.74 Å². The first-order chi connectivity index (χ1) is 10.6. The van der Waals surface area contributed by atoms with Gasteiger partial charge in [-0.15, -0.1) is 0 Å². The maximum atomic E-state index is 12.5. The smallest absolute Gasteiger partial charge is 0.262 e. The van der Waals surface area contributed by atoms with E-state index in [1.807, 2.05) is 11.1 Å². The number of hydrogen-bond donors (Lipinski definition) is 0. The predicted molar refractivity (Wildman–Crippen MR) is 80.5 cm³/mol. The van der Waals surface area contributed by atoms with Crippen LogP contribution in [0, 0.1) is 0 Å². The highest BCUT2D eigenvalue weighted by molar-refractivity contribution is 6.30. The second kappa shape index (κ2) is 5.81. The number of nitrogens with zero attached hydrogens (tertiary/aromatic N) is 2. The van der Waals surface area contributed by atoms with E-state index >= 15 is 0 Å². The summed E-state index contributed by atoms with van der Waals surface area (Å²) in [6.07, 6.45) is 1.83. The van der Waals surface area contributed by atoms with E-state index in [4.69, 9.17) is 9.47 Å². The van der Waals surface area contributed by atoms with Crippen LogP contribution >= 0.6 is 0 Å². The molecule has 1 aromatic carbocycles. The third kappa shape index (κ3) is 2.46. The number of benzene rings is 1. The minimum absolute atomic E-state index is 0.283. The summed E-state index contributed by atoms with van der Waals surface area (Å²) in [5.41, 5.74) is 1.67. The third-order valence-electron chi connectivity index (χ3n) is 3.94. The van der Waals surface area contributed by atoms with E-state index in [9.17, 15) is 9.59 Å². The molecular weight excluding hydrogens is 284 g/mol. The number of ether oxygens (including phenoxy) is 2. The first-order valence-electron chi connectivity index (χ1n) is 7.16. The molecule has 0 unspecified atom stereocenters. The van der Waals surface area contributed by atoms with Gasteiger partial charge in [-0.2, -0.15) is 0 Å². The molecule has 1 saturated heterocycles. The average molecular weight is 302 g/mol. The van der Waals surface area contributed by atoms with Gasteiger partial charge in [0.25, 0.3) is 11.8 Å². The minimum atomic E-state index is -0.307. The lowest BCUT2D eigenvalue weighted by molar-refractivity contribution is -0.121. The van der Waals surface area contributed by atoms with Gasteiger partial charge in [0.15, 0.2) is 0 Å². The monoisotopic (exact) mass is 302 g/mol. The summed E-state index contributed by atoms with van der Waals surface area (Å²) in [7, 11) is 3.05. The van der Waals surface area contributed by atoms with Crippen molar-refractivity contribution in [2.75, 3.05) is 40.5 Å². The number of methoxy groups -OCH3 is 1. The molecule has 0 atom stereocenters. The highest BCUT2D eigenvalue weighted by Gasteiger charge is 2.33. The van der Waals surface area contributed by atoms with E-state index in [2.05, 4.69) is 0 Å². The summed E-state index contributed by atoms with van der Waals surface area (Å²) in [4.78, 5) is 28.0. The summed E-state index contributed by atoms with van der Waals surface area (Å²) in [5, 5.41) is 0. The Labute approximate surface area is 128 Å². The molecular formula is C16H18N2O4. The molecule has 0 aromatic heterocycles. The Kier molecular flexibility index (Phi) is 3.85. The van der Waals surface area contributed by atoms with Crippen molar-refractivity contribution in [2.45, 2.75) is 0 Å². The van der Waals surface area contributed by atoms with Crippen LogP contribution in [-0.2, 0) is 9.53 Å². The van der Waals surface area contributed by atoms with E-state index in [0.29, 0.717) is 35.7 Å². The fourth-order valence-corrected chi connectivity index (χ4v) is 2.64. The molecule has 0 saturated carbocycles. The molecule has 2 heterocycles. The van der Waals surface area contributed by atoms with Gasteiger partial charge in [0.1, 0.15) is 5.75 Å². The van der Waals surface area contributed by atoms with E-state index in [1.165, 1.54) is 7.05 Å². The number of fused-ring (bicyclic) bond motifs is 1. The Morgan fingerprint density at radius 1 is 1.14 bits per heavy atom. The Bertz CT molecular complexity index is 648. The topological polar surface area (TPSA) is 59.1 Å². The van der Waals surface area contributed by atoms with Gasteiger partial charge >= 0.3 is 0 Å². The Morgan fingerprint density at radius 2 is 1.86 bits per heavy atom. The van der Waals surface area contributed by atoms with Gasteiger partial charge < -0.3 is 14.4 Å². The summed E-state index contributed by atoms with van der Waals surface area (Å²) >= 11 is 0. The molecule has 1 fully saturated rings. The van der Waals surface area contributed by atoms with Crippen LogP contribution in [0.1, 0.15) is 15.9 Å². The zero-order valence-electron chi connectivity index (χ0n) is 12.7. The van der Waals surface area contributed by atoms with Crippen LogP contribution in [0.15, 0.2) is 24.4 Å². The Morgan fingerprint density at radius 3 is 2.55 bits per heavy atom. The molecule has 3 rings (SSSR count). The predicted octanol–water partition coefficient (Wildman–Crippen LogP) is 0.980. The SMILES string of the molecule is COc1ccc2c(c1)C(=O)N(C)C(=O)C2=CN1CCOCC1. The van der Waals surface area contributed by atoms with Crippen LogP contribution in [0.4, 0.5) is 0 Å². The van der Waals surface area contributed by atoms with Gasteiger partial charge in [0.2, 0.25) is 0 Å². The van der Waals surface area contributed by atoms with Crippen molar-refractivity contribution >= 4 is 17.4 Å². The molecule has 22 heavy (non-hydrogen) atoms. The lowest BCUT2D eigenvalue weighted by atomic mass is 9.94. The number of rotatable bonds is 2. The van der Waals surface area contributed by atoms with Crippen molar-refractivity contribution in [2.24, 2.45) is 0 Å². The highest BCUT2D eigenvalue weighted by Crippen LogP contribution is 2.31. The normalized spacial score (nSPS) is 20.4. The lowest BCUT2D eigenvalue weighted by Crippen LogP contribution is -2.40. The zero-order valence-corrected chi connectivity index (χ0v) is 12.7. The fraction of sp³-hybridized carbons (Fsp3) is 0.375. The first-order valence-corrected chi connectivity index (χ1v) is 7.16. The van der Waals surface area contributed by atoms with Crippen molar-refractivity contribution in [3.8, 4) is 5.75 Å². The van der Waals surface area contributed by atoms with Crippen molar-refractivity contribution < 1.29 is 19.1 Å². The van der Waals surface area contributed by atoms with Crippen molar-refractivity contribution in [1.82, 2.24) is 9.80 Å². The van der Waals surface area contributed by atoms with Crippen LogP contribution in [0.3, 0.4) is 0 Å². The second-order valence-corrected chi connectivity index (χ2v) is 5.27. The molecule has 6 heteroatoms. The molecule has 2 aliphatic heterocycles. The summed E-state index contributed by atoms with van der Waals surface area (Å²) < 4.78 is 10.5. The third-order valence-corrected chi connectivity index (χ3v) is 3.94. The van der Waals surface area contributed by atoms with Crippen LogP contribution in [0.25, 0.3) is 5.57 Å². The fourth-order valence-electron chi connectivity index (χ4n) is 2.64. The average Bonchev–Trinajstić information content (AvgIpc) is 2.57. The van der Waals surface area contributed by atoms with Gasteiger partial charge in [-0.05, 0) is 18.2 Å². The largest absolute Gasteiger partial charge is 0.497 e. The molecule has 0 N–H and O–H groups in total. The first kappa shape index (κ1) is 14.6. The van der Waals surface area contributed by atoms with Crippen molar-refractivity contribution in [1.29, 1.82) is 0 Å². The molecule has 2 amide bonds. The summed E-state index contributed by atoms with van der Waals surface area (Å²) in [6, 6.07) is 5.20. The molecule has 2 aliphatic rings. The van der Waals surface area contributed by atoms with Gasteiger partial charge in [-0.25, -0.2) is 0 Å². The second-order valence-electron chi connectivity index (χ2n) is 5.27. The Hall–Kier alpha value is -2.34. The lowest BCUT2D eigenvalue weighted by Gasteiger charge is -2.30. The maximum absolute atomic E-state index is 12.5. The molecule has 116 valence electrons. The number of imide groups is 1. The van der Waals surface area contributed by atoms with E-state index in [-0.39, 0.29) is 11.8 Å². The number of hydrogen-bond acceptors (Lipinski definition) is 5. The molecule has 0 radical (unpaired) electrons. The summed E-state index contributed by atoms with van der Waals surface area (Å²) in [6.45, 7) is 2.75. The van der Waals surface area contributed by atoms with E-state index in [1.54, 1.807) is 25.3 Å². The van der Waals surface area contributed by atoms with E-state index in [0.717, 1.165) is 18.0 Å². The standard InChI is InChI=1S/C16H18N2O4/c1-17-15(19)13-9-11(21-2)3-4-12(13)14(16(17)20)10-18-5-7-22-8-6-18/h3-4,9-10H,5-8H2,1-2H3. The molecule has 0 aliphatic carbocycles. The quantitative estimate of drug-likeness (QED) is 0.602. The molecule has 0 bridgehead atoms. The minimum Gasteiger partial charge on any atom is -0.497 e. The Balaban J connectivity index is 2.06. The zero-order chi connectivity index (χ0) is 15.7. The van der Waals surface area contributed by atoms with Gasteiger partial charge in [0, 0.05) is 31.9 Å². The summed E-state index contributed by atoms with van der Waals surface area (Å²) in [5.74, 6) is 0.00718. The number of likely N-dealkylation sites (N-methyl/N-ethyl adjacent to an activating group) is 1. The maximum Gasteiger partial charge on any atom is 0.262 e. The van der Waals surface area contributed by atoms with E-state index < -0.39 is 0 Å². The van der Waals surface area contributed by atoms with Crippen LogP contribution in [0.5, 0.6) is 5.75 Å². The van der Waals surface area contributed by atoms with Crippen LogP contribution in [0.2, 0.25) is 0 Å². The van der Waals surface area contributed by atoms with Gasteiger partial charge in [0.05, 0.1) is 31.5 Å². The van der Waals surface area contributed by atoms with Gasteiger partial charge in [-0.1, -0.05) is 0 Å². The highest BCUT2D eigenvalue weighted by atomic mass is 16.5.